The van der Waals surface area contributed by atoms with Crippen LogP contribution < -0.4 is 15.4 Å². The molecule has 1 heterocycles. The smallest absolute Gasteiger partial charge is 0.262 e. The number of ether oxygens (including phenoxy) is 1. The van der Waals surface area contributed by atoms with Crippen LogP contribution in [0.2, 0.25) is 5.02 Å². The molecule has 0 spiro atoms. The SMILES string of the molecule is O=C1COc2ccc(CNc3ccccc3Cl)cc2N1. The van der Waals surface area contributed by atoms with Crippen molar-refractivity contribution in [1.82, 2.24) is 0 Å². The lowest BCUT2D eigenvalue weighted by Gasteiger charge is -2.18. The van der Waals surface area contributed by atoms with Gasteiger partial charge in [0.05, 0.1) is 16.4 Å². The fraction of sp³-hybridized carbons (Fsp3) is 0.133. The fourth-order valence-electron chi connectivity index (χ4n) is 2.04. The Labute approximate surface area is 121 Å². The van der Waals surface area contributed by atoms with E-state index >= 15 is 0 Å². The van der Waals surface area contributed by atoms with Crippen LogP contribution in [0, 0.1) is 0 Å². The zero-order valence-electron chi connectivity index (χ0n) is 10.7. The van der Waals surface area contributed by atoms with Gasteiger partial charge in [0.1, 0.15) is 5.75 Å². The molecule has 0 unspecified atom stereocenters. The average Bonchev–Trinajstić information content (AvgIpc) is 2.46. The summed E-state index contributed by atoms with van der Waals surface area (Å²) < 4.78 is 5.32. The Morgan fingerprint density at radius 1 is 1.25 bits per heavy atom. The van der Waals surface area contributed by atoms with E-state index in [1.165, 1.54) is 0 Å². The van der Waals surface area contributed by atoms with Gasteiger partial charge in [-0.3, -0.25) is 4.79 Å². The molecule has 0 saturated carbocycles. The van der Waals surface area contributed by atoms with Crippen LogP contribution >= 0.6 is 11.6 Å². The van der Waals surface area contributed by atoms with Gasteiger partial charge in [-0.2, -0.15) is 0 Å². The Hall–Kier alpha value is -2.20. The summed E-state index contributed by atoms with van der Waals surface area (Å²) in [5.74, 6) is 0.569. The fourth-order valence-corrected chi connectivity index (χ4v) is 2.24. The van der Waals surface area contributed by atoms with Crippen LogP contribution in [0.15, 0.2) is 42.5 Å². The first-order chi connectivity index (χ1) is 9.72. The van der Waals surface area contributed by atoms with Gasteiger partial charge in [-0.1, -0.05) is 29.8 Å². The molecule has 2 aromatic rings. The minimum atomic E-state index is -0.131. The number of carbonyl (C=O) groups is 1. The lowest BCUT2D eigenvalue weighted by molar-refractivity contribution is -0.118. The van der Waals surface area contributed by atoms with Gasteiger partial charge in [0, 0.05) is 6.54 Å². The maximum Gasteiger partial charge on any atom is 0.262 e. The van der Waals surface area contributed by atoms with Crippen LogP contribution in [0.4, 0.5) is 11.4 Å². The van der Waals surface area contributed by atoms with Crippen molar-refractivity contribution in [3.63, 3.8) is 0 Å². The van der Waals surface area contributed by atoms with Gasteiger partial charge in [0.25, 0.3) is 5.91 Å². The molecule has 0 saturated heterocycles. The van der Waals surface area contributed by atoms with E-state index in [-0.39, 0.29) is 12.5 Å². The summed E-state index contributed by atoms with van der Waals surface area (Å²) >= 11 is 6.09. The minimum absolute atomic E-state index is 0.0736. The summed E-state index contributed by atoms with van der Waals surface area (Å²) in [5.41, 5.74) is 2.63. The normalized spacial score (nSPS) is 13.2. The zero-order valence-corrected chi connectivity index (χ0v) is 11.4. The average molecular weight is 289 g/mol. The Balaban J connectivity index is 1.74. The number of para-hydroxylation sites is 1. The predicted molar refractivity (Wildman–Crippen MR) is 79.3 cm³/mol. The number of fused-ring (bicyclic) bond motifs is 1. The number of halogens is 1. The summed E-state index contributed by atoms with van der Waals surface area (Å²) in [6.45, 7) is 0.692. The molecule has 0 aromatic heterocycles. The van der Waals surface area contributed by atoms with Crippen LogP contribution in [0.5, 0.6) is 5.75 Å². The van der Waals surface area contributed by atoms with Crippen molar-refractivity contribution in [2.45, 2.75) is 6.54 Å². The molecule has 0 aliphatic carbocycles. The van der Waals surface area contributed by atoms with Crippen molar-refractivity contribution in [3.8, 4) is 5.75 Å². The van der Waals surface area contributed by atoms with E-state index in [1.807, 2.05) is 42.5 Å². The number of hydrogen-bond acceptors (Lipinski definition) is 3. The maximum absolute atomic E-state index is 11.3. The summed E-state index contributed by atoms with van der Waals surface area (Å²) in [6, 6.07) is 13.3. The third-order valence-electron chi connectivity index (χ3n) is 3.03. The monoisotopic (exact) mass is 288 g/mol. The van der Waals surface area contributed by atoms with Crippen LogP contribution in [0.1, 0.15) is 5.56 Å². The molecule has 0 radical (unpaired) electrons. The highest BCUT2D eigenvalue weighted by Gasteiger charge is 2.15. The third kappa shape index (κ3) is 2.70. The molecule has 1 aliphatic heterocycles. The van der Waals surface area contributed by atoms with E-state index in [4.69, 9.17) is 16.3 Å². The molecule has 102 valence electrons. The van der Waals surface area contributed by atoms with Crippen LogP contribution in [-0.2, 0) is 11.3 Å². The first-order valence-electron chi connectivity index (χ1n) is 6.26. The molecule has 0 fully saturated rings. The molecule has 2 N–H and O–H groups in total. The second-order valence-corrected chi connectivity index (χ2v) is 4.91. The third-order valence-corrected chi connectivity index (χ3v) is 3.36. The number of benzene rings is 2. The van der Waals surface area contributed by atoms with Gasteiger partial charge in [-0.05, 0) is 29.8 Å². The van der Waals surface area contributed by atoms with E-state index in [2.05, 4.69) is 10.6 Å². The van der Waals surface area contributed by atoms with Crippen molar-refractivity contribution in [2.24, 2.45) is 0 Å². The minimum Gasteiger partial charge on any atom is -0.482 e. The van der Waals surface area contributed by atoms with Crippen LogP contribution in [0.3, 0.4) is 0 Å². The molecule has 3 rings (SSSR count). The topological polar surface area (TPSA) is 50.4 Å². The number of hydrogen-bond donors (Lipinski definition) is 2. The highest BCUT2D eigenvalue weighted by Crippen LogP contribution is 2.29. The maximum atomic E-state index is 11.3. The summed E-state index contributed by atoms with van der Waals surface area (Å²) in [7, 11) is 0. The predicted octanol–water partition coefficient (Wildman–Crippen LogP) is 3.28. The van der Waals surface area contributed by atoms with Gasteiger partial charge >= 0.3 is 0 Å². The second-order valence-electron chi connectivity index (χ2n) is 4.50. The van der Waals surface area contributed by atoms with E-state index in [0.29, 0.717) is 23.0 Å². The molecule has 1 amide bonds. The van der Waals surface area contributed by atoms with E-state index in [0.717, 1.165) is 11.3 Å². The van der Waals surface area contributed by atoms with Crippen molar-refractivity contribution < 1.29 is 9.53 Å². The van der Waals surface area contributed by atoms with Crippen molar-refractivity contribution in [2.75, 3.05) is 17.2 Å². The first kappa shape index (κ1) is 12.8. The van der Waals surface area contributed by atoms with Crippen molar-refractivity contribution in [1.29, 1.82) is 0 Å². The van der Waals surface area contributed by atoms with Gasteiger partial charge < -0.3 is 15.4 Å². The highest BCUT2D eigenvalue weighted by molar-refractivity contribution is 6.33. The number of anilines is 2. The molecule has 1 aliphatic rings. The van der Waals surface area contributed by atoms with Gasteiger partial charge in [0.2, 0.25) is 0 Å². The Morgan fingerprint density at radius 3 is 2.95 bits per heavy atom. The molecule has 4 nitrogen and oxygen atoms in total. The number of amides is 1. The summed E-state index contributed by atoms with van der Waals surface area (Å²) in [5, 5.41) is 6.74. The first-order valence-corrected chi connectivity index (χ1v) is 6.64. The molecular weight excluding hydrogens is 276 g/mol. The number of nitrogens with one attached hydrogen (secondary N) is 2. The second kappa shape index (κ2) is 5.43. The quantitative estimate of drug-likeness (QED) is 0.911. The van der Waals surface area contributed by atoms with Gasteiger partial charge in [-0.25, -0.2) is 0 Å². The van der Waals surface area contributed by atoms with Crippen molar-refractivity contribution in [3.05, 3.63) is 53.1 Å². The Kier molecular flexibility index (Phi) is 3.48. The molecule has 2 aromatic carbocycles. The molecular formula is C15H13ClN2O2. The summed E-state index contributed by atoms with van der Waals surface area (Å²) in [6.07, 6.45) is 0. The molecule has 0 bridgehead atoms. The Morgan fingerprint density at radius 2 is 2.10 bits per heavy atom. The van der Waals surface area contributed by atoms with Crippen LogP contribution in [0.25, 0.3) is 0 Å². The molecule has 5 heteroatoms. The van der Waals surface area contributed by atoms with Crippen LogP contribution in [-0.4, -0.2) is 12.5 Å². The standard InChI is InChI=1S/C15H13ClN2O2/c16-11-3-1-2-4-12(11)17-8-10-5-6-14-13(7-10)18-15(19)9-20-14/h1-7,17H,8-9H2,(H,18,19). The number of rotatable bonds is 3. The summed E-state index contributed by atoms with van der Waals surface area (Å²) in [4.78, 5) is 11.3. The Bertz CT molecular complexity index is 658. The lowest BCUT2D eigenvalue weighted by atomic mass is 10.1. The largest absolute Gasteiger partial charge is 0.482 e. The molecule has 20 heavy (non-hydrogen) atoms. The highest BCUT2D eigenvalue weighted by atomic mass is 35.5. The van der Waals surface area contributed by atoms with E-state index in [1.54, 1.807) is 0 Å². The molecule has 0 atom stereocenters. The van der Waals surface area contributed by atoms with Gasteiger partial charge in [0.15, 0.2) is 6.61 Å². The zero-order chi connectivity index (χ0) is 13.9. The van der Waals surface area contributed by atoms with E-state index in [9.17, 15) is 4.79 Å². The van der Waals surface area contributed by atoms with Crippen molar-refractivity contribution >= 4 is 28.9 Å². The van der Waals surface area contributed by atoms with E-state index < -0.39 is 0 Å². The lowest BCUT2D eigenvalue weighted by Crippen LogP contribution is -2.25. The van der Waals surface area contributed by atoms with Gasteiger partial charge in [-0.15, -0.1) is 0 Å². The number of carbonyl (C=O) groups excluding carboxylic acids is 1.